The Bertz CT molecular complexity index is 658. The summed E-state index contributed by atoms with van der Waals surface area (Å²) in [7, 11) is 1.79. The van der Waals surface area contributed by atoms with Crippen molar-refractivity contribution in [1.29, 1.82) is 0 Å². The summed E-state index contributed by atoms with van der Waals surface area (Å²) in [5, 5.41) is 6.87. The molecule has 1 aliphatic heterocycles. The molecule has 2 fully saturated rings. The Morgan fingerprint density at radius 3 is 2.66 bits per heavy atom. The number of nitrogens with zero attached hydrogens (tertiary/aromatic N) is 2. The van der Waals surface area contributed by atoms with Gasteiger partial charge in [0.2, 0.25) is 5.91 Å². The van der Waals surface area contributed by atoms with E-state index in [0.29, 0.717) is 12.5 Å². The first-order chi connectivity index (χ1) is 14.2. The Balaban J connectivity index is 1.43. The molecule has 2 atom stereocenters. The van der Waals surface area contributed by atoms with Crippen molar-refractivity contribution in [3.8, 4) is 5.75 Å². The van der Waals surface area contributed by atoms with E-state index in [-0.39, 0.29) is 18.1 Å². The van der Waals surface area contributed by atoms with Crippen molar-refractivity contribution in [2.75, 3.05) is 26.7 Å². The molecule has 1 saturated carbocycles. The number of nitrogens with one attached hydrogen (secondary N) is 2. The lowest BCUT2D eigenvalue weighted by atomic mass is 9.88. The lowest BCUT2D eigenvalue weighted by Gasteiger charge is -2.26. The molecule has 29 heavy (non-hydrogen) atoms. The maximum atomic E-state index is 12.8. The second-order valence-electron chi connectivity index (χ2n) is 8.16. The highest BCUT2D eigenvalue weighted by atomic mass is 16.5. The van der Waals surface area contributed by atoms with Crippen molar-refractivity contribution < 1.29 is 9.53 Å². The molecule has 0 radical (unpaired) electrons. The Morgan fingerprint density at radius 2 is 1.97 bits per heavy atom. The third-order valence-corrected chi connectivity index (χ3v) is 6.02. The summed E-state index contributed by atoms with van der Waals surface area (Å²) >= 11 is 0. The topological polar surface area (TPSA) is 66.0 Å². The number of likely N-dealkylation sites (tertiary alicyclic amines) is 1. The minimum Gasteiger partial charge on any atom is -0.489 e. The fraction of sp³-hybridized carbons (Fsp3) is 0.652. The molecule has 6 heteroatoms. The number of carbonyl (C=O) groups is 1. The van der Waals surface area contributed by atoms with E-state index in [2.05, 4.69) is 22.5 Å². The van der Waals surface area contributed by atoms with Crippen LogP contribution in [0.5, 0.6) is 5.75 Å². The minimum atomic E-state index is 0.0731. The number of hydrogen-bond acceptors (Lipinski definition) is 3. The van der Waals surface area contributed by atoms with Crippen molar-refractivity contribution in [3.05, 3.63) is 30.3 Å². The molecular formula is C23H36N4O2. The molecule has 1 aliphatic carbocycles. The molecule has 160 valence electrons. The molecule has 0 aromatic heterocycles. The van der Waals surface area contributed by atoms with Crippen LogP contribution in [0.15, 0.2) is 35.3 Å². The molecule has 1 amide bonds. The smallest absolute Gasteiger partial charge is 0.225 e. The first kappa shape index (κ1) is 21.5. The quantitative estimate of drug-likeness (QED) is 0.545. The van der Waals surface area contributed by atoms with Crippen molar-refractivity contribution in [2.45, 2.75) is 64.0 Å². The van der Waals surface area contributed by atoms with E-state index in [1.54, 1.807) is 7.05 Å². The van der Waals surface area contributed by atoms with Crippen LogP contribution in [-0.4, -0.2) is 55.6 Å². The van der Waals surface area contributed by atoms with Gasteiger partial charge in [0, 0.05) is 32.1 Å². The number of aliphatic imine (C=N–C) groups is 1. The van der Waals surface area contributed by atoms with Gasteiger partial charge >= 0.3 is 0 Å². The van der Waals surface area contributed by atoms with Crippen LogP contribution in [0.2, 0.25) is 0 Å². The standard InChI is InChI=1S/C23H36N4O2/c1-3-20(29-21-12-8-5-9-13-21)16-25-23(24-2)26-19-14-15-27(17-19)22(28)18-10-6-4-7-11-18/h5,8-9,12-13,18-20H,3-4,6-7,10-11,14-17H2,1-2H3,(H2,24,25,26). The number of carbonyl (C=O) groups excluding carboxylic acids is 1. The molecule has 2 aliphatic rings. The molecule has 1 aromatic carbocycles. The van der Waals surface area contributed by atoms with Gasteiger partial charge in [-0.3, -0.25) is 9.79 Å². The van der Waals surface area contributed by atoms with Gasteiger partial charge in [0.05, 0.1) is 6.54 Å². The number of guanidine groups is 1. The van der Waals surface area contributed by atoms with Gasteiger partial charge in [0.25, 0.3) is 0 Å². The third-order valence-electron chi connectivity index (χ3n) is 6.02. The number of para-hydroxylation sites is 1. The van der Waals surface area contributed by atoms with Crippen LogP contribution in [0.25, 0.3) is 0 Å². The van der Waals surface area contributed by atoms with E-state index in [9.17, 15) is 4.79 Å². The zero-order valence-corrected chi connectivity index (χ0v) is 17.9. The van der Waals surface area contributed by atoms with Crippen LogP contribution in [0.3, 0.4) is 0 Å². The molecule has 2 N–H and O–H groups in total. The largest absolute Gasteiger partial charge is 0.489 e. The van der Waals surface area contributed by atoms with E-state index in [1.165, 1.54) is 19.3 Å². The maximum absolute atomic E-state index is 12.8. The average Bonchev–Trinajstić information content (AvgIpc) is 3.24. The second-order valence-corrected chi connectivity index (χ2v) is 8.16. The molecule has 0 bridgehead atoms. The first-order valence-corrected chi connectivity index (χ1v) is 11.2. The second kappa shape index (κ2) is 11.1. The molecule has 2 unspecified atom stereocenters. The molecular weight excluding hydrogens is 364 g/mol. The summed E-state index contributed by atoms with van der Waals surface area (Å²) in [6.45, 7) is 4.42. The highest BCUT2D eigenvalue weighted by Crippen LogP contribution is 2.26. The lowest BCUT2D eigenvalue weighted by molar-refractivity contribution is -0.135. The predicted molar refractivity (Wildman–Crippen MR) is 117 cm³/mol. The summed E-state index contributed by atoms with van der Waals surface area (Å²) in [5.41, 5.74) is 0. The van der Waals surface area contributed by atoms with Crippen LogP contribution in [0.1, 0.15) is 51.9 Å². The van der Waals surface area contributed by atoms with Crippen LogP contribution < -0.4 is 15.4 Å². The highest BCUT2D eigenvalue weighted by molar-refractivity contribution is 5.81. The maximum Gasteiger partial charge on any atom is 0.225 e. The summed E-state index contributed by atoms with van der Waals surface area (Å²) in [5.74, 6) is 2.27. The van der Waals surface area contributed by atoms with Gasteiger partial charge in [-0.2, -0.15) is 0 Å². The van der Waals surface area contributed by atoms with Gasteiger partial charge in [-0.1, -0.05) is 44.4 Å². The van der Waals surface area contributed by atoms with Gasteiger partial charge in [-0.15, -0.1) is 0 Å². The summed E-state index contributed by atoms with van der Waals surface area (Å²) in [4.78, 5) is 19.2. The van der Waals surface area contributed by atoms with Crippen LogP contribution in [-0.2, 0) is 4.79 Å². The first-order valence-electron chi connectivity index (χ1n) is 11.2. The molecule has 1 saturated heterocycles. The molecule has 1 aromatic rings. The Kier molecular flexibility index (Phi) is 8.20. The minimum absolute atomic E-state index is 0.0731. The van der Waals surface area contributed by atoms with Crippen molar-refractivity contribution in [2.24, 2.45) is 10.9 Å². The zero-order valence-electron chi connectivity index (χ0n) is 17.9. The Morgan fingerprint density at radius 1 is 1.21 bits per heavy atom. The Labute approximate surface area is 175 Å². The van der Waals surface area contributed by atoms with Gasteiger partial charge in [-0.25, -0.2) is 0 Å². The number of benzene rings is 1. The molecule has 6 nitrogen and oxygen atoms in total. The number of amides is 1. The van der Waals surface area contributed by atoms with Crippen molar-refractivity contribution in [3.63, 3.8) is 0 Å². The van der Waals surface area contributed by atoms with Gasteiger partial charge < -0.3 is 20.3 Å². The van der Waals surface area contributed by atoms with E-state index < -0.39 is 0 Å². The van der Waals surface area contributed by atoms with Gasteiger partial charge in [0.15, 0.2) is 5.96 Å². The summed E-state index contributed by atoms with van der Waals surface area (Å²) < 4.78 is 6.05. The predicted octanol–water partition coefficient (Wildman–Crippen LogP) is 3.19. The molecule has 3 rings (SSSR count). The number of ether oxygens (including phenoxy) is 1. The normalized spacial score (nSPS) is 21.7. The van der Waals surface area contributed by atoms with Crippen LogP contribution in [0.4, 0.5) is 0 Å². The van der Waals surface area contributed by atoms with Crippen molar-refractivity contribution >= 4 is 11.9 Å². The lowest BCUT2D eigenvalue weighted by Crippen LogP contribution is -2.47. The van der Waals surface area contributed by atoms with E-state index in [0.717, 1.165) is 50.5 Å². The number of rotatable bonds is 7. The SMILES string of the molecule is CCC(CNC(=NC)NC1CCN(C(=O)C2CCCCC2)C1)Oc1ccccc1. The van der Waals surface area contributed by atoms with Crippen LogP contribution >= 0.6 is 0 Å². The van der Waals surface area contributed by atoms with Crippen molar-refractivity contribution in [1.82, 2.24) is 15.5 Å². The fourth-order valence-electron chi connectivity index (χ4n) is 4.25. The summed E-state index contributed by atoms with van der Waals surface area (Å²) in [6, 6.07) is 10.2. The van der Waals surface area contributed by atoms with E-state index in [1.807, 2.05) is 35.2 Å². The van der Waals surface area contributed by atoms with Gasteiger partial charge in [-0.05, 0) is 37.8 Å². The third kappa shape index (κ3) is 6.38. The zero-order chi connectivity index (χ0) is 20.5. The highest BCUT2D eigenvalue weighted by Gasteiger charge is 2.31. The number of hydrogen-bond donors (Lipinski definition) is 2. The summed E-state index contributed by atoms with van der Waals surface area (Å²) in [6.07, 6.45) is 7.76. The van der Waals surface area contributed by atoms with E-state index >= 15 is 0 Å². The Hall–Kier alpha value is -2.24. The monoisotopic (exact) mass is 400 g/mol. The average molecular weight is 401 g/mol. The van der Waals surface area contributed by atoms with Crippen LogP contribution in [0, 0.1) is 5.92 Å². The van der Waals surface area contributed by atoms with Gasteiger partial charge in [0.1, 0.15) is 11.9 Å². The molecule has 0 spiro atoms. The fourth-order valence-corrected chi connectivity index (χ4v) is 4.25. The molecule has 1 heterocycles. The van der Waals surface area contributed by atoms with E-state index in [4.69, 9.17) is 4.74 Å².